The van der Waals surface area contributed by atoms with Crippen LogP contribution < -0.4 is 9.62 Å². The Bertz CT molecular complexity index is 1040. The zero-order valence-electron chi connectivity index (χ0n) is 19.7. The number of para-hydroxylation sites is 1. The summed E-state index contributed by atoms with van der Waals surface area (Å²) in [6.45, 7) is 9.30. The molecule has 174 valence electrons. The molecule has 7 nitrogen and oxygen atoms in total. The molecule has 0 radical (unpaired) electrons. The van der Waals surface area contributed by atoms with E-state index in [4.69, 9.17) is 0 Å². The Labute approximate surface area is 191 Å². The highest BCUT2D eigenvalue weighted by molar-refractivity contribution is 7.92. The molecule has 0 bridgehead atoms. The Morgan fingerprint density at radius 1 is 1.00 bits per heavy atom. The highest BCUT2D eigenvalue weighted by Gasteiger charge is 2.30. The SMILES string of the molecule is CCNC(=O)C(C)N(Cc1ccc(C)cc1)C(=O)CN(c1c(C)cccc1C)S(C)(=O)=O. The predicted octanol–water partition coefficient (Wildman–Crippen LogP) is 2.93. The Kier molecular flexibility index (Phi) is 8.44. The molecule has 0 aliphatic heterocycles. The minimum Gasteiger partial charge on any atom is -0.355 e. The molecule has 1 N–H and O–H groups in total. The number of carbonyl (C=O) groups excluding carboxylic acids is 2. The van der Waals surface area contributed by atoms with E-state index in [2.05, 4.69) is 5.32 Å². The number of anilines is 1. The van der Waals surface area contributed by atoms with Crippen molar-refractivity contribution in [2.24, 2.45) is 0 Å². The van der Waals surface area contributed by atoms with Gasteiger partial charge in [0.2, 0.25) is 21.8 Å². The fraction of sp³-hybridized carbons (Fsp3) is 0.417. The van der Waals surface area contributed by atoms with Gasteiger partial charge in [-0.2, -0.15) is 0 Å². The lowest BCUT2D eigenvalue weighted by Crippen LogP contribution is -2.51. The van der Waals surface area contributed by atoms with Gasteiger partial charge < -0.3 is 10.2 Å². The molecule has 2 rings (SSSR count). The molecule has 0 aliphatic carbocycles. The van der Waals surface area contributed by atoms with Gasteiger partial charge in [0.05, 0.1) is 11.9 Å². The summed E-state index contributed by atoms with van der Waals surface area (Å²) < 4.78 is 26.5. The van der Waals surface area contributed by atoms with Crippen molar-refractivity contribution in [2.45, 2.75) is 47.2 Å². The van der Waals surface area contributed by atoms with E-state index < -0.39 is 22.0 Å². The van der Waals surface area contributed by atoms with Crippen LogP contribution in [0, 0.1) is 20.8 Å². The second-order valence-corrected chi connectivity index (χ2v) is 9.99. The number of nitrogens with zero attached hydrogens (tertiary/aromatic N) is 2. The molecule has 2 aromatic carbocycles. The fourth-order valence-electron chi connectivity index (χ4n) is 3.57. The monoisotopic (exact) mass is 459 g/mol. The molecule has 0 aliphatic rings. The van der Waals surface area contributed by atoms with Crippen molar-refractivity contribution in [1.29, 1.82) is 0 Å². The molecule has 2 amide bonds. The summed E-state index contributed by atoms with van der Waals surface area (Å²) in [4.78, 5) is 27.4. The molecule has 0 spiro atoms. The third-order valence-corrected chi connectivity index (χ3v) is 6.47. The summed E-state index contributed by atoms with van der Waals surface area (Å²) in [6.07, 6.45) is 1.09. The number of benzene rings is 2. The van der Waals surface area contributed by atoms with Gasteiger partial charge in [-0.15, -0.1) is 0 Å². The van der Waals surface area contributed by atoms with Crippen molar-refractivity contribution < 1.29 is 18.0 Å². The molecule has 1 atom stereocenters. The number of nitrogens with one attached hydrogen (secondary N) is 1. The van der Waals surface area contributed by atoms with Gasteiger partial charge in [0.25, 0.3) is 0 Å². The van der Waals surface area contributed by atoms with Crippen molar-refractivity contribution in [1.82, 2.24) is 10.2 Å². The van der Waals surface area contributed by atoms with Crippen molar-refractivity contribution in [2.75, 3.05) is 23.7 Å². The summed E-state index contributed by atoms with van der Waals surface area (Å²) in [5.41, 5.74) is 3.94. The number of carbonyl (C=O) groups is 2. The first-order valence-electron chi connectivity index (χ1n) is 10.6. The minimum atomic E-state index is -3.74. The third kappa shape index (κ3) is 6.32. The van der Waals surface area contributed by atoms with E-state index in [1.54, 1.807) is 6.92 Å². The van der Waals surface area contributed by atoms with Crippen LogP contribution >= 0.6 is 0 Å². The molecule has 0 saturated carbocycles. The lowest BCUT2D eigenvalue weighted by molar-refractivity contribution is -0.139. The van der Waals surface area contributed by atoms with E-state index in [9.17, 15) is 18.0 Å². The van der Waals surface area contributed by atoms with E-state index in [-0.39, 0.29) is 19.0 Å². The van der Waals surface area contributed by atoms with Crippen LogP contribution in [0.4, 0.5) is 5.69 Å². The number of hydrogen-bond acceptors (Lipinski definition) is 4. The van der Waals surface area contributed by atoms with Crippen LogP contribution in [0.1, 0.15) is 36.1 Å². The highest BCUT2D eigenvalue weighted by Crippen LogP contribution is 2.27. The zero-order chi connectivity index (χ0) is 24.1. The van der Waals surface area contributed by atoms with Crippen LogP contribution in [0.5, 0.6) is 0 Å². The second kappa shape index (κ2) is 10.6. The highest BCUT2D eigenvalue weighted by atomic mass is 32.2. The van der Waals surface area contributed by atoms with E-state index in [0.29, 0.717) is 12.2 Å². The Hall–Kier alpha value is -2.87. The lowest BCUT2D eigenvalue weighted by Gasteiger charge is -2.32. The van der Waals surface area contributed by atoms with Crippen LogP contribution in [0.15, 0.2) is 42.5 Å². The van der Waals surface area contributed by atoms with Gasteiger partial charge in [0.15, 0.2) is 0 Å². The lowest BCUT2D eigenvalue weighted by atomic mass is 10.1. The van der Waals surface area contributed by atoms with Gasteiger partial charge >= 0.3 is 0 Å². The standard InChI is InChI=1S/C24H33N3O4S/c1-7-25-24(29)20(5)26(15-21-13-11-17(2)12-14-21)22(28)16-27(32(6,30)31)23-18(3)9-8-10-19(23)4/h8-14,20H,7,15-16H2,1-6H3,(H,25,29). The molecule has 32 heavy (non-hydrogen) atoms. The number of amides is 2. The second-order valence-electron chi connectivity index (χ2n) is 8.09. The molecule has 0 fully saturated rings. The first-order chi connectivity index (χ1) is 15.0. The van der Waals surface area contributed by atoms with E-state index >= 15 is 0 Å². The molecule has 2 aromatic rings. The summed E-state index contributed by atoms with van der Waals surface area (Å²) in [6, 6.07) is 12.4. The fourth-order valence-corrected chi connectivity index (χ4v) is 4.53. The van der Waals surface area contributed by atoms with Crippen LogP contribution in [-0.4, -0.2) is 50.5 Å². The molecule has 0 aromatic heterocycles. The number of sulfonamides is 1. The topological polar surface area (TPSA) is 86.8 Å². The maximum absolute atomic E-state index is 13.5. The molecule has 1 unspecified atom stereocenters. The normalized spacial score (nSPS) is 12.2. The van der Waals surface area contributed by atoms with Crippen LogP contribution in [0.3, 0.4) is 0 Å². The average Bonchev–Trinajstić information content (AvgIpc) is 2.71. The number of hydrogen-bond donors (Lipinski definition) is 1. The minimum absolute atomic E-state index is 0.196. The van der Waals surface area contributed by atoms with E-state index in [1.165, 1.54) is 4.90 Å². The van der Waals surface area contributed by atoms with Gasteiger partial charge in [-0.3, -0.25) is 13.9 Å². The van der Waals surface area contributed by atoms with Gasteiger partial charge in [0.1, 0.15) is 12.6 Å². The smallest absolute Gasteiger partial charge is 0.244 e. The maximum atomic E-state index is 13.5. The van der Waals surface area contributed by atoms with Gasteiger partial charge in [0, 0.05) is 13.1 Å². The maximum Gasteiger partial charge on any atom is 0.244 e. The largest absolute Gasteiger partial charge is 0.355 e. The van der Waals surface area contributed by atoms with Gasteiger partial charge in [-0.1, -0.05) is 48.0 Å². The third-order valence-electron chi connectivity index (χ3n) is 5.36. The van der Waals surface area contributed by atoms with E-state index in [0.717, 1.165) is 32.8 Å². The first kappa shape index (κ1) is 25.4. The van der Waals surface area contributed by atoms with Crippen LogP contribution in [0.2, 0.25) is 0 Å². The molecule has 0 saturated heterocycles. The molecular weight excluding hydrogens is 426 g/mol. The number of rotatable bonds is 9. The predicted molar refractivity (Wildman–Crippen MR) is 128 cm³/mol. The molecular formula is C24H33N3O4S. The summed E-state index contributed by atoms with van der Waals surface area (Å²) in [7, 11) is -3.74. The van der Waals surface area contributed by atoms with Gasteiger partial charge in [-0.25, -0.2) is 8.42 Å². The van der Waals surface area contributed by atoms with Crippen molar-refractivity contribution in [3.8, 4) is 0 Å². The Balaban J connectivity index is 2.43. The first-order valence-corrected chi connectivity index (χ1v) is 12.5. The van der Waals surface area contributed by atoms with Crippen molar-refractivity contribution in [3.05, 3.63) is 64.7 Å². The average molecular weight is 460 g/mol. The van der Waals surface area contributed by atoms with Crippen LogP contribution in [0.25, 0.3) is 0 Å². The summed E-state index contributed by atoms with van der Waals surface area (Å²) in [5, 5.41) is 2.74. The van der Waals surface area contributed by atoms with Crippen LogP contribution in [-0.2, 0) is 26.2 Å². The Morgan fingerprint density at radius 3 is 2.06 bits per heavy atom. The van der Waals surface area contributed by atoms with E-state index in [1.807, 2.05) is 70.2 Å². The van der Waals surface area contributed by atoms with Crippen molar-refractivity contribution >= 4 is 27.5 Å². The quantitative estimate of drug-likeness (QED) is 0.625. The summed E-state index contributed by atoms with van der Waals surface area (Å²) >= 11 is 0. The van der Waals surface area contributed by atoms with Gasteiger partial charge in [-0.05, 0) is 51.3 Å². The zero-order valence-corrected chi connectivity index (χ0v) is 20.5. The number of aryl methyl sites for hydroxylation is 3. The summed E-state index contributed by atoms with van der Waals surface area (Å²) in [5.74, 6) is -0.733. The Morgan fingerprint density at radius 2 is 1.56 bits per heavy atom. The van der Waals surface area contributed by atoms with Crippen molar-refractivity contribution in [3.63, 3.8) is 0 Å². The number of likely N-dealkylation sites (N-methyl/N-ethyl adjacent to an activating group) is 1. The molecule has 0 heterocycles. The molecule has 8 heteroatoms.